The molecule has 4 aromatic rings. The van der Waals surface area contributed by atoms with Crippen LogP contribution in [0.15, 0.2) is 66.7 Å². The highest BCUT2D eigenvalue weighted by Gasteiger charge is 2.13. The fourth-order valence-electron chi connectivity index (χ4n) is 3.02. The third-order valence-electron chi connectivity index (χ3n) is 4.30. The van der Waals surface area contributed by atoms with Crippen LogP contribution in [0.1, 0.15) is 5.56 Å². The van der Waals surface area contributed by atoms with Gasteiger partial charge in [0, 0.05) is 11.3 Å². The molecule has 4 rings (SSSR count). The van der Waals surface area contributed by atoms with Crippen molar-refractivity contribution < 1.29 is 9.59 Å². The van der Waals surface area contributed by atoms with Gasteiger partial charge in [-0.2, -0.15) is 4.80 Å². The van der Waals surface area contributed by atoms with Gasteiger partial charge in [0.1, 0.15) is 6.54 Å². The smallest absolute Gasteiger partial charge is 0.308 e. The molecule has 0 atom stereocenters. The Bertz CT molecular complexity index is 1200. The SMILES string of the molecule is Cc1cccc(NC(=O)NC(=O)Cn2nnc(-c3cccc4ccccc34)n2)c1. The largest absolute Gasteiger partial charge is 0.325 e. The zero-order valence-corrected chi connectivity index (χ0v) is 15.7. The minimum absolute atomic E-state index is 0.223. The number of nitrogens with zero attached hydrogens (tertiary/aromatic N) is 4. The number of fused-ring (bicyclic) bond motifs is 1. The van der Waals surface area contributed by atoms with Crippen molar-refractivity contribution in [3.05, 3.63) is 72.3 Å². The topological polar surface area (TPSA) is 102 Å². The molecule has 8 nitrogen and oxygen atoms in total. The van der Waals surface area contributed by atoms with Crippen molar-refractivity contribution >= 4 is 28.4 Å². The third-order valence-corrected chi connectivity index (χ3v) is 4.30. The predicted molar refractivity (Wildman–Crippen MR) is 109 cm³/mol. The van der Waals surface area contributed by atoms with Crippen molar-refractivity contribution in [1.29, 1.82) is 0 Å². The molecule has 0 saturated heterocycles. The van der Waals surface area contributed by atoms with Gasteiger partial charge in [0.05, 0.1) is 0 Å². The Hall–Kier alpha value is -4.07. The van der Waals surface area contributed by atoms with Gasteiger partial charge in [0.15, 0.2) is 0 Å². The first-order chi connectivity index (χ1) is 14.1. The van der Waals surface area contributed by atoms with E-state index in [9.17, 15) is 9.59 Å². The van der Waals surface area contributed by atoms with Gasteiger partial charge in [-0.1, -0.05) is 54.6 Å². The standard InChI is InChI=1S/C21H18N6O2/c1-14-6-4-9-16(12-14)22-21(29)23-19(28)13-27-25-20(24-26-27)18-11-5-8-15-7-2-3-10-17(15)18/h2-12H,13H2,1H3,(H2,22,23,28,29). The number of imide groups is 1. The van der Waals surface area contributed by atoms with Crippen LogP contribution in [0.3, 0.4) is 0 Å². The molecule has 2 N–H and O–H groups in total. The van der Waals surface area contributed by atoms with E-state index < -0.39 is 11.9 Å². The molecule has 3 amide bonds. The molecule has 0 aliphatic rings. The van der Waals surface area contributed by atoms with E-state index >= 15 is 0 Å². The molecule has 29 heavy (non-hydrogen) atoms. The number of carbonyl (C=O) groups is 2. The van der Waals surface area contributed by atoms with Gasteiger partial charge in [0.2, 0.25) is 5.82 Å². The van der Waals surface area contributed by atoms with Crippen LogP contribution in [-0.2, 0) is 11.3 Å². The van der Waals surface area contributed by atoms with E-state index in [2.05, 4.69) is 26.0 Å². The van der Waals surface area contributed by atoms with Crippen LogP contribution < -0.4 is 10.6 Å². The molecule has 0 aliphatic heterocycles. The molecule has 1 aromatic heterocycles. The summed E-state index contributed by atoms with van der Waals surface area (Å²) in [5.41, 5.74) is 2.43. The minimum Gasteiger partial charge on any atom is -0.308 e. The summed E-state index contributed by atoms with van der Waals surface area (Å²) < 4.78 is 0. The second kappa shape index (κ2) is 7.89. The number of nitrogens with one attached hydrogen (secondary N) is 2. The van der Waals surface area contributed by atoms with Crippen LogP contribution in [0.25, 0.3) is 22.2 Å². The maximum Gasteiger partial charge on any atom is 0.325 e. The van der Waals surface area contributed by atoms with Crippen LogP contribution in [0, 0.1) is 6.92 Å². The number of tetrazole rings is 1. The van der Waals surface area contributed by atoms with Crippen molar-refractivity contribution in [3.8, 4) is 11.4 Å². The number of urea groups is 1. The molecule has 0 spiro atoms. The molecular formula is C21H18N6O2. The molecule has 8 heteroatoms. The second-order valence-corrected chi connectivity index (χ2v) is 6.54. The number of hydrogen-bond acceptors (Lipinski definition) is 5. The lowest BCUT2D eigenvalue weighted by Crippen LogP contribution is -2.37. The number of rotatable bonds is 4. The van der Waals surface area contributed by atoms with E-state index in [0.717, 1.165) is 26.7 Å². The normalized spacial score (nSPS) is 10.7. The number of carbonyl (C=O) groups excluding carboxylic acids is 2. The molecule has 0 unspecified atom stereocenters. The van der Waals surface area contributed by atoms with E-state index in [1.165, 1.54) is 0 Å². The summed E-state index contributed by atoms with van der Waals surface area (Å²) in [6.07, 6.45) is 0. The minimum atomic E-state index is -0.616. The highest BCUT2D eigenvalue weighted by Crippen LogP contribution is 2.25. The number of aryl methyl sites for hydroxylation is 1. The van der Waals surface area contributed by atoms with Crippen LogP contribution >= 0.6 is 0 Å². The Kier molecular flexibility index (Phi) is 4.98. The van der Waals surface area contributed by atoms with E-state index in [-0.39, 0.29) is 6.54 Å². The van der Waals surface area contributed by atoms with Crippen molar-refractivity contribution in [3.63, 3.8) is 0 Å². The Morgan fingerprint density at radius 3 is 2.66 bits per heavy atom. The zero-order chi connectivity index (χ0) is 20.2. The highest BCUT2D eigenvalue weighted by molar-refractivity contribution is 6.01. The first-order valence-electron chi connectivity index (χ1n) is 9.02. The average molecular weight is 386 g/mol. The van der Waals surface area contributed by atoms with E-state index in [1.807, 2.05) is 61.5 Å². The van der Waals surface area contributed by atoms with Crippen LogP contribution in [0.4, 0.5) is 10.5 Å². The summed E-state index contributed by atoms with van der Waals surface area (Å²) >= 11 is 0. The molecule has 3 aromatic carbocycles. The Balaban J connectivity index is 1.42. The summed E-state index contributed by atoms with van der Waals surface area (Å²) in [5, 5.41) is 19.2. The van der Waals surface area contributed by atoms with Crippen LogP contribution in [0.5, 0.6) is 0 Å². The fraction of sp³-hybridized carbons (Fsp3) is 0.0952. The fourth-order valence-corrected chi connectivity index (χ4v) is 3.02. The zero-order valence-electron chi connectivity index (χ0n) is 15.7. The number of benzene rings is 3. The van der Waals surface area contributed by atoms with Gasteiger partial charge in [0.25, 0.3) is 5.91 Å². The maximum atomic E-state index is 12.1. The molecule has 0 saturated carbocycles. The quantitative estimate of drug-likeness (QED) is 0.561. The van der Waals surface area contributed by atoms with Gasteiger partial charge in [-0.15, -0.1) is 10.2 Å². The molecule has 0 fully saturated rings. The van der Waals surface area contributed by atoms with Gasteiger partial charge >= 0.3 is 6.03 Å². The number of aromatic nitrogens is 4. The van der Waals surface area contributed by atoms with E-state index in [4.69, 9.17) is 0 Å². The van der Waals surface area contributed by atoms with Crippen molar-refractivity contribution in [1.82, 2.24) is 25.5 Å². The summed E-state index contributed by atoms with van der Waals surface area (Å²) in [6.45, 7) is 1.69. The second-order valence-electron chi connectivity index (χ2n) is 6.54. The monoisotopic (exact) mass is 386 g/mol. The van der Waals surface area contributed by atoms with Crippen molar-refractivity contribution in [2.45, 2.75) is 13.5 Å². The molecular weight excluding hydrogens is 368 g/mol. The molecule has 0 radical (unpaired) electrons. The third kappa shape index (κ3) is 4.27. The Morgan fingerprint density at radius 1 is 1.00 bits per heavy atom. The highest BCUT2D eigenvalue weighted by atomic mass is 16.2. The molecule has 0 aliphatic carbocycles. The van der Waals surface area contributed by atoms with Crippen LogP contribution in [0.2, 0.25) is 0 Å². The lowest BCUT2D eigenvalue weighted by atomic mass is 10.0. The van der Waals surface area contributed by atoms with E-state index in [0.29, 0.717) is 11.5 Å². The predicted octanol–water partition coefficient (Wildman–Crippen LogP) is 3.15. The maximum absolute atomic E-state index is 12.1. The Morgan fingerprint density at radius 2 is 1.79 bits per heavy atom. The number of amides is 3. The summed E-state index contributed by atoms with van der Waals surface area (Å²) in [5.74, 6) is -0.129. The molecule has 1 heterocycles. The summed E-state index contributed by atoms with van der Waals surface area (Å²) in [4.78, 5) is 25.3. The average Bonchev–Trinajstić information content (AvgIpc) is 3.15. The van der Waals surface area contributed by atoms with Gasteiger partial charge in [-0.25, -0.2) is 4.79 Å². The van der Waals surface area contributed by atoms with E-state index in [1.54, 1.807) is 12.1 Å². The van der Waals surface area contributed by atoms with Crippen LogP contribution in [-0.4, -0.2) is 32.1 Å². The van der Waals surface area contributed by atoms with Crippen molar-refractivity contribution in [2.24, 2.45) is 0 Å². The Labute approximate surface area is 166 Å². The summed E-state index contributed by atoms with van der Waals surface area (Å²) in [6, 6.07) is 20.4. The summed E-state index contributed by atoms with van der Waals surface area (Å²) in [7, 11) is 0. The lowest BCUT2D eigenvalue weighted by molar-refractivity contribution is -0.120. The van der Waals surface area contributed by atoms with Gasteiger partial charge in [-0.3, -0.25) is 10.1 Å². The molecule has 144 valence electrons. The lowest BCUT2D eigenvalue weighted by Gasteiger charge is -2.06. The van der Waals surface area contributed by atoms with Gasteiger partial charge < -0.3 is 5.32 Å². The first-order valence-corrected chi connectivity index (χ1v) is 9.02. The number of hydrogen-bond donors (Lipinski definition) is 2. The van der Waals surface area contributed by atoms with Gasteiger partial charge in [-0.05, 0) is 40.6 Å². The number of anilines is 1. The molecule has 0 bridgehead atoms. The van der Waals surface area contributed by atoms with Crippen molar-refractivity contribution in [2.75, 3.05) is 5.32 Å². The first kappa shape index (κ1) is 18.3.